The van der Waals surface area contributed by atoms with Crippen LogP contribution in [0.3, 0.4) is 0 Å². The number of nitrogens with two attached hydrogens (primary N) is 1. The molecule has 14 nitrogen and oxygen atoms in total. The maximum atomic E-state index is 14.1. The zero-order chi connectivity index (χ0) is 33.6. The number of rotatable bonds is 14. The number of carbonyl (C=O) groups excluding carboxylic acids is 3. The average molecular weight is 654 g/mol. The second kappa shape index (κ2) is 14.4. The molecule has 4 aromatic rings. The highest BCUT2D eigenvalue weighted by Crippen LogP contribution is 2.27. The van der Waals surface area contributed by atoms with Gasteiger partial charge in [-0.05, 0) is 68.9 Å². The van der Waals surface area contributed by atoms with Crippen molar-refractivity contribution in [3.8, 4) is 0 Å². The summed E-state index contributed by atoms with van der Waals surface area (Å²) in [7, 11) is -4.70. The molecule has 2 aromatic heterocycles. The lowest BCUT2D eigenvalue weighted by atomic mass is 9.87. The van der Waals surface area contributed by atoms with Crippen LogP contribution in [0.1, 0.15) is 47.3 Å². The number of Topliss-reactive ketones (excluding diaryl/α,β-unsaturated/α-hetero) is 1. The van der Waals surface area contributed by atoms with E-state index in [1.165, 1.54) is 18.2 Å². The Morgan fingerprint density at radius 1 is 1.02 bits per heavy atom. The molecular formula is C31H35N5O9S. The number of aromatic amines is 2. The normalized spacial score (nSPS) is 12.8. The Bertz CT molecular complexity index is 1930. The van der Waals surface area contributed by atoms with Crippen molar-refractivity contribution < 1.29 is 36.8 Å². The molecule has 15 heteroatoms. The minimum Gasteiger partial charge on any atom is -0.465 e. The first kappa shape index (κ1) is 33.9. The van der Waals surface area contributed by atoms with E-state index in [2.05, 4.69) is 20.3 Å². The fraction of sp³-hybridized carbons (Fsp3) is 0.323. The summed E-state index contributed by atoms with van der Waals surface area (Å²) < 4.78 is 44.4. The third-order valence-corrected chi connectivity index (χ3v) is 8.17. The van der Waals surface area contributed by atoms with Crippen molar-refractivity contribution in [3.05, 3.63) is 81.3 Å². The molecule has 2 aromatic carbocycles. The van der Waals surface area contributed by atoms with E-state index in [0.29, 0.717) is 40.6 Å². The fourth-order valence-corrected chi connectivity index (χ4v) is 5.80. The van der Waals surface area contributed by atoms with Gasteiger partial charge in [-0.3, -0.25) is 23.9 Å². The Labute approximate surface area is 264 Å². The van der Waals surface area contributed by atoms with Crippen LogP contribution in [0.25, 0.3) is 11.0 Å². The Kier molecular flexibility index (Phi) is 10.6. The summed E-state index contributed by atoms with van der Waals surface area (Å²) in [5.41, 5.74) is 7.48. The lowest BCUT2D eigenvalue weighted by Gasteiger charge is -2.24. The van der Waals surface area contributed by atoms with Crippen molar-refractivity contribution in [2.45, 2.75) is 51.0 Å². The fourth-order valence-electron chi connectivity index (χ4n) is 5.17. The molecule has 0 spiro atoms. The zero-order valence-corrected chi connectivity index (χ0v) is 26.3. The van der Waals surface area contributed by atoms with Crippen LogP contribution in [0, 0.1) is 12.8 Å². The first-order valence-corrected chi connectivity index (χ1v) is 15.9. The highest BCUT2D eigenvalue weighted by Gasteiger charge is 2.36. The summed E-state index contributed by atoms with van der Waals surface area (Å²) in [6.45, 7) is 4.75. The number of nitrogens with zero attached hydrogens (tertiary/aromatic N) is 1. The van der Waals surface area contributed by atoms with E-state index in [4.69, 9.17) is 15.2 Å². The van der Waals surface area contributed by atoms with Gasteiger partial charge in [0.15, 0.2) is 5.78 Å². The number of hydrogen-bond donors (Lipinski definition) is 5. The van der Waals surface area contributed by atoms with Gasteiger partial charge in [0.1, 0.15) is 22.5 Å². The average Bonchev–Trinajstić information content (AvgIpc) is 3.40. The molecule has 46 heavy (non-hydrogen) atoms. The molecule has 0 aliphatic carbocycles. The SMILES string of the molecule is CCOC(=O)C(C[C@H](Nc1cc(C)ccc1S(=O)(=O)O)C(=O)OCC)C(=O)c1ccccc1CCc1c[nH]c2nc(N)[nH]c(=O)c12. The van der Waals surface area contributed by atoms with Gasteiger partial charge in [0, 0.05) is 11.8 Å². The smallest absolute Gasteiger partial charge is 0.328 e. The van der Waals surface area contributed by atoms with Gasteiger partial charge in [-0.2, -0.15) is 13.4 Å². The van der Waals surface area contributed by atoms with E-state index in [1.54, 1.807) is 51.2 Å². The Hall–Kier alpha value is -5.02. The second-order valence-electron chi connectivity index (χ2n) is 10.5. The highest BCUT2D eigenvalue weighted by atomic mass is 32.2. The third kappa shape index (κ3) is 7.79. The van der Waals surface area contributed by atoms with Crippen molar-refractivity contribution in [1.82, 2.24) is 15.0 Å². The second-order valence-corrected chi connectivity index (χ2v) is 11.9. The van der Waals surface area contributed by atoms with Gasteiger partial charge in [-0.25, -0.2) is 4.79 Å². The van der Waals surface area contributed by atoms with Gasteiger partial charge in [0.05, 0.1) is 24.3 Å². The van der Waals surface area contributed by atoms with Crippen molar-refractivity contribution in [2.24, 2.45) is 5.92 Å². The van der Waals surface area contributed by atoms with Gasteiger partial charge in [0.25, 0.3) is 15.7 Å². The molecule has 0 bridgehead atoms. The standard InChI is InChI=1S/C31H35N5O9S/c1-4-44-29(39)21(15-23(30(40)45-5-2)34-22-14-17(3)10-13-24(22)46(41,42)43)26(37)20-9-7-6-8-18(20)11-12-19-16-33-27-25(19)28(38)36-31(32)35-27/h6-10,13-14,16,21,23,34H,4-5,11-12,15H2,1-3H3,(H,41,42,43)(H4,32,33,35,36,38)/t21?,23-/m0/s1. The van der Waals surface area contributed by atoms with Crippen molar-refractivity contribution in [1.29, 1.82) is 0 Å². The van der Waals surface area contributed by atoms with Crippen LogP contribution in [0.5, 0.6) is 0 Å². The number of aryl methyl sites for hydroxylation is 3. The number of anilines is 2. The molecule has 0 amide bonds. The Morgan fingerprint density at radius 2 is 1.70 bits per heavy atom. The van der Waals surface area contributed by atoms with E-state index < -0.39 is 56.7 Å². The summed E-state index contributed by atoms with van der Waals surface area (Å²) >= 11 is 0. The van der Waals surface area contributed by atoms with Gasteiger partial charge >= 0.3 is 11.9 Å². The number of hydrogen-bond acceptors (Lipinski definition) is 11. The number of H-pyrrole nitrogens is 2. The predicted octanol–water partition coefficient (Wildman–Crippen LogP) is 2.97. The van der Waals surface area contributed by atoms with E-state index in [9.17, 15) is 32.1 Å². The lowest BCUT2D eigenvalue weighted by molar-refractivity contribution is -0.148. The summed E-state index contributed by atoms with van der Waals surface area (Å²) in [6.07, 6.45) is 1.82. The van der Waals surface area contributed by atoms with Crippen LogP contribution in [0.15, 0.2) is 58.4 Å². The Balaban J connectivity index is 1.68. The number of nitrogens with one attached hydrogen (secondary N) is 3. The summed E-state index contributed by atoms with van der Waals surface area (Å²) in [6, 6.07) is 9.30. The summed E-state index contributed by atoms with van der Waals surface area (Å²) in [4.78, 5) is 62.0. The minimum absolute atomic E-state index is 0.0286. The van der Waals surface area contributed by atoms with Crippen molar-refractivity contribution in [3.63, 3.8) is 0 Å². The van der Waals surface area contributed by atoms with Gasteiger partial charge in [-0.1, -0.05) is 30.3 Å². The van der Waals surface area contributed by atoms with Crippen LogP contribution in [-0.4, -0.2) is 64.9 Å². The summed E-state index contributed by atoms with van der Waals surface area (Å²) in [5.74, 6) is -3.89. The number of carbonyl (C=O) groups is 3. The van der Waals surface area contributed by atoms with Gasteiger partial charge < -0.3 is 25.5 Å². The topological polar surface area (TPSA) is 224 Å². The maximum Gasteiger partial charge on any atom is 0.328 e. The number of benzene rings is 2. The predicted molar refractivity (Wildman–Crippen MR) is 169 cm³/mol. The quantitative estimate of drug-likeness (QED) is 0.0573. The van der Waals surface area contributed by atoms with Crippen molar-refractivity contribution >= 4 is 50.5 Å². The maximum absolute atomic E-state index is 14.1. The first-order chi connectivity index (χ1) is 21.8. The van der Waals surface area contributed by atoms with E-state index in [1.807, 2.05) is 0 Å². The highest BCUT2D eigenvalue weighted by molar-refractivity contribution is 7.86. The van der Waals surface area contributed by atoms with Crippen molar-refractivity contribution in [2.75, 3.05) is 24.3 Å². The van der Waals surface area contributed by atoms with E-state index in [-0.39, 0.29) is 30.4 Å². The van der Waals surface area contributed by atoms with Gasteiger partial charge in [0.2, 0.25) is 5.95 Å². The molecule has 6 N–H and O–H groups in total. The molecule has 244 valence electrons. The van der Waals surface area contributed by atoms with Crippen LogP contribution >= 0.6 is 0 Å². The summed E-state index contributed by atoms with van der Waals surface area (Å²) in [5, 5.41) is 3.11. The monoisotopic (exact) mass is 653 g/mol. The molecule has 0 saturated carbocycles. The molecular weight excluding hydrogens is 618 g/mol. The number of fused-ring (bicyclic) bond motifs is 1. The lowest BCUT2D eigenvalue weighted by Crippen LogP contribution is -2.39. The van der Waals surface area contributed by atoms with Gasteiger partial charge in [-0.15, -0.1) is 0 Å². The molecule has 4 rings (SSSR count). The third-order valence-electron chi connectivity index (χ3n) is 7.26. The van der Waals surface area contributed by atoms with Crippen LogP contribution in [0.2, 0.25) is 0 Å². The molecule has 0 saturated heterocycles. The number of esters is 2. The molecule has 0 fully saturated rings. The molecule has 1 unspecified atom stereocenters. The Morgan fingerprint density at radius 3 is 2.39 bits per heavy atom. The largest absolute Gasteiger partial charge is 0.465 e. The number of ether oxygens (including phenoxy) is 2. The zero-order valence-electron chi connectivity index (χ0n) is 25.5. The van der Waals surface area contributed by atoms with E-state index in [0.717, 1.165) is 0 Å². The van der Waals surface area contributed by atoms with Crippen LogP contribution < -0.4 is 16.6 Å². The minimum atomic E-state index is -4.70. The number of aromatic nitrogens is 3. The molecule has 0 radical (unpaired) electrons. The van der Waals surface area contributed by atoms with E-state index >= 15 is 0 Å². The molecule has 2 heterocycles. The first-order valence-electron chi connectivity index (χ1n) is 14.5. The number of nitrogen functional groups attached to an aromatic ring is 1. The number of ketones is 1. The molecule has 0 aliphatic rings. The van der Waals surface area contributed by atoms with Crippen LogP contribution in [0.4, 0.5) is 11.6 Å². The van der Waals surface area contributed by atoms with Crippen LogP contribution in [-0.2, 0) is 42.0 Å². The molecule has 2 atom stereocenters. The molecule has 0 aliphatic heterocycles.